The van der Waals surface area contributed by atoms with Gasteiger partial charge in [0.2, 0.25) is 0 Å². The zero-order valence-electron chi connectivity index (χ0n) is 17.4. The number of hydrogen-bond donors (Lipinski definition) is 6. The van der Waals surface area contributed by atoms with Crippen LogP contribution in [0.5, 0.6) is 5.75 Å². The molecule has 6 atom stereocenters. The third kappa shape index (κ3) is 6.18. The summed E-state index contributed by atoms with van der Waals surface area (Å²) in [4.78, 5) is 0. The summed E-state index contributed by atoms with van der Waals surface area (Å²) >= 11 is 6.32. The van der Waals surface area contributed by atoms with E-state index in [2.05, 4.69) is 0 Å². The molecule has 0 saturated carbocycles. The third-order valence-electron chi connectivity index (χ3n) is 5.52. The number of aliphatic hydroxyl groups is 6. The van der Waals surface area contributed by atoms with Crippen LogP contribution in [0.25, 0.3) is 0 Å². The van der Waals surface area contributed by atoms with Crippen molar-refractivity contribution >= 4 is 11.6 Å². The van der Waals surface area contributed by atoms with Crippen molar-refractivity contribution in [3.63, 3.8) is 0 Å². The van der Waals surface area contributed by atoms with Gasteiger partial charge in [-0.2, -0.15) is 0 Å². The largest absolute Gasteiger partial charge is 0.488 e. The van der Waals surface area contributed by atoms with Crippen LogP contribution in [0.3, 0.4) is 0 Å². The van der Waals surface area contributed by atoms with Gasteiger partial charge in [-0.1, -0.05) is 35.9 Å². The van der Waals surface area contributed by atoms with Gasteiger partial charge in [0.15, 0.2) is 0 Å². The van der Waals surface area contributed by atoms with E-state index in [-0.39, 0.29) is 11.7 Å². The van der Waals surface area contributed by atoms with Crippen LogP contribution in [0, 0.1) is 0 Å². The Labute approximate surface area is 191 Å². The smallest absolute Gasteiger partial charge is 0.124 e. The van der Waals surface area contributed by atoms with E-state index >= 15 is 0 Å². The molecular weight excluding hydrogens is 440 g/mol. The van der Waals surface area contributed by atoms with E-state index in [1.54, 1.807) is 12.1 Å². The molecule has 9 heteroatoms. The average molecular weight is 469 g/mol. The van der Waals surface area contributed by atoms with Gasteiger partial charge >= 0.3 is 0 Å². The van der Waals surface area contributed by atoms with Crippen molar-refractivity contribution in [3.8, 4) is 5.75 Å². The van der Waals surface area contributed by atoms with Crippen molar-refractivity contribution in [2.45, 2.75) is 49.5 Å². The van der Waals surface area contributed by atoms with Gasteiger partial charge < -0.3 is 40.1 Å². The van der Waals surface area contributed by atoms with E-state index in [4.69, 9.17) is 26.2 Å². The lowest BCUT2D eigenvalue weighted by atomic mass is 9.93. The summed E-state index contributed by atoms with van der Waals surface area (Å²) in [5.74, 6) is 0.750. The van der Waals surface area contributed by atoms with Crippen molar-refractivity contribution in [3.05, 3.63) is 64.2 Å². The Morgan fingerprint density at radius 2 is 1.69 bits per heavy atom. The minimum absolute atomic E-state index is 0.0623. The average Bonchev–Trinajstić information content (AvgIpc) is 3.32. The highest BCUT2D eigenvalue weighted by molar-refractivity contribution is 6.31. The topological polar surface area (TPSA) is 140 Å². The van der Waals surface area contributed by atoms with Crippen molar-refractivity contribution < 1.29 is 40.1 Å². The van der Waals surface area contributed by atoms with Gasteiger partial charge in [-0.15, -0.1) is 0 Å². The fourth-order valence-corrected chi connectivity index (χ4v) is 3.72. The van der Waals surface area contributed by atoms with Crippen LogP contribution < -0.4 is 4.74 Å². The van der Waals surface area contributed by atoms with E-state index in [0.29, 0.717) is 30.2 Å². The SMILES string of the molecule is OCC(O)[C@@H](O)[C@H](O)[C@@H](O)[C@H](O)c1ccc(Cl)c(Cc2ccc(OC3CCOC3)cc2)c1. The molecule has 0 amide bonds. The van der Waals surface area contributed by atoms with E-state index in [1.807, 2.05) is 24.3 Å². The molecule has 176 valence electrons. The van der Waals surface area contributed by atoms with Gasteiger partial charge in [-0.3, -0.25) is 0 Å². The number of hydrogen-bond acceptors (Lipinski definition) is 8. The number of halogens is 1. The molecule has 8 nitrogen and oxygen atoms in total. The summed E-state index contributed by atoms with van der Waals surface area (Å²) in [6.07, 6.45) is -7.31. The van der Waals surface area contributed by atoms with E-state index < -0.39 is 37.1 Å². The lowest BCUT2D eigenvalue weighted by Gasteiger charge is -2.28. The molecule has 0 aromatic heterocycles. The Balaban J connectivity index is 1.68. The Kier molecular flexibility index (Phi) is 8.87. The van der Waals surface area contributed by atoms with E-state index in [1.165, 1.54) is 6.07 Å². The normalized spacial score (nSPS) is 21.0. The molecule has 0 radical (unpaired) electrons. The van der Waals surface area contributed by atoms with E-state index in [9.17, 15) is 25.5 Å². The van der Waals surface area contributed by atoms with Crippen molar-refractivity contribution in [1.29, 1.82) is 0 Å². The fraction of sp³-hybridized carbons (Fsp3) is 0.478. The summed E-state index contributed by atoms with van der Waals surface area (Å²) in [7, 11) is 0. The first-order valence-corrected chi connectivity index (χ1v) is 10.8. The monoisotopic (exact) mass is 468 g/mol. The second-order valence-electron chi connectivity index (χ2n) is 7.94. The molecular formula is C23H29ClO8. The van der Waals surface area contributed by atoms with Crippen molar-refractivity contribution in [1.82, 2.24) is 0 Å². The van der Waals surface area contributed by atoms with Crippen LogP contribution in [0.4, 0.5) is 0 Å². The van der Waals surface area contributed by atoms with Crippen LogP contribution in [0.15, 0.2) is 42.5 Å². The molecule has 0 spiro atoms. The van der Waals surface area contributed by atoms with Gasteiger partial charge in [0.05, 0.1) is 19.8 Å². The second kappa shape index (κ2) is 11.4. The van der Waals surface area contributed by atoms with Gasteiger partial charge in [-0.25, -0.2) is 0 Å². The first-order valence-electron chi connectivity index (χ1n) is 10.4. The van der Waals surface area contributed by atoms with Crippen LogP contribution in [0.2, 0.25) is 5.02 Å². The predicted molar refractivity (Wildman–Crippen MR) is 117 cm³/mol. The van der Waals surface area contributed by atoms with Crippen LogP contribution >= 0.6 is 11.6 Å². The highest BCUT2D eigenvalue weighted by atomic mass is 35.5. The molecule has 2 aromatic rings. The maximum absolute atomic E-state index is 10.5. The molecule has 2 unspecified atom stereocenters. The number of benzene rings is 2. The molecule has 0 aliphatic carbocycles. The quantitative estimate of drug-likeness (QED) is 0.297. The highest BCUT2D eigenvalue weighted by Gasteiger charge is 2.34. The Morgan fingerprint density at radius 1 is 0.969 bits per heavy atom. The predicted octanol–water partition coefficient (Wildman–Crippen LogP) is 0.568. The molecule has 6 N–H and O–H groups in total. The van der Waals surface area contributed by atoms with Crippen LogP contribution in [0.1, 0.15) is 29.2 Å². The molecule has 0 bridgehead atoms. The van der Waals surface area contributed by atoms with Crippen LogP contribution in [-0.2, 0) is 11.2 Å². The molecule has 3 rings (SSSR count). The molecule has 1 saturated heterocycles. The summed E-state index contributed by atoms with van der Waals surface area (Å²) in [6.45, 7) is 0.490. The highest BCUT2D eigenvalue weighted by Crippen LogP contribution is 2.28. The van der Waals surface area contributed by atoms with Gasteiger partial charge in [-0.05, 0) is 41.3 Å². The molecule has 1 fully saturated rings. The molecule has 32 heavy (non-hydrogen) atoms. The Morgan fingerprint density at radius 3 is 2.31 bits per heavy atom. The maximum Gasteiger partial charge on any atom is 0.124 e. The number of ether oxygens (including phenoxy) is 2. The number of rotatable bonds is 10. The first kappa shape index (κ1) is 24.9. The van der Waals surface area contributed by atoms with Gasteiger partial charge in [0, 0.05) is 11.4 Å². The maximum atomic E-state index is 10.5. The summed E-state index contributed by atoms with van der Waals surface area (Å²) in [5.41, 5.74) is 1.93. The summed E-state index contributed by atoms with van der Waals surface area (Å²) < 4.78 is 11.2. The second-order valence-corrected chi connectivity index (χ2v) is 8.35. The van der Waals surface area contributed by atoms with Crippen molar-refractivity contribution in [2.75, 3.05) is 19.8 Å². The molecule has 1 aliphatic heterocycles. The fourth-order valence-electron chi connectivity index (χ4n) is 3.54. The van der Waals surface area contributed by atoms with E-state index in [0.717, 1.165) is 17.7 Å². The first-order chi connectivity index (χ1) is 15.3. The summed E-state index contributed by atoms with van der Waals surface area (Å²) in [6, 6.07) is 12.2. The van der Waals surface area contributed by atoms with Gasteiger partial charge in [0.25, 0.3) is 0 Å². The Hall–Kier alpha value is -1.75. The zero-order valence-corrected chi connectivity index (χ0v) is 18.2. The third-order valence-corrected chi connectivity index (χ3v) is 5.89. The molecule has 1 aliphatic rings. The number of aliphatic hydroxyl groups excluding tert-OH is 6. The lowest BCUT2D eigenvalue weighted by Crippen LogP contribution is -2.47. The van der Waals surface area contributed by atoms with Crippen molar-refractivity contribution in [2.24, 2.45) is 0 Å². The molecule has 1 heterocycles. The lowest BCUT2D eigenvalue weighted by molar-refractivity contribution is -0.141. The molecule has 2 aromatic carbocycles. The van der Waals surface area contributed by atoms with Gasteiger partial charge in [0.1, 0.15) is 42.4 Å². The Bertz CT molecular complexity index is 856. The standard InChI is InChI=1S/C23H29ClO8/c24-18-6-3-14(20(27)22(29)23(30)21(28)19(26)11-25)10-15(18)9-13-1-4-16(5-2-13)32-17-7-8-31-12-17/h1-6,10,17,19-23,25-30H,7-9,11-12H2/t17?,19?,20-,21-,22+,23+/m1/s1. The minimum atomic E-state index is -1.87. The zero-order chi connectivity index (χ0) is 23.3. The minimum Gasteiger partial charge on any atom is -0.488 e. The van der Waals surface area contributed by atoms with Crippen LogP contribution in [-0.4, -0.2) is 81.0 Å². The summed E-state index contributed by atoms with van der Waals surface area (Å²) in [5, 5.41) is 59.4.